The smallest absolute Gasteiger partial charge is 0.328 e. The molecule has 0 amide bonds. The normalized spacial score (nSPS) is 10.4. The van der Waals surface area contributed by atoms with Crippen molar-refractivity contribution in [2.45, 2.75) is 6.54 Å². The van der Waals surface area contributed by atoms with E-state index in [-0.39, 0.29) is 0 Å². The maximum Gasteiger partial charge on any atom is 0.328 e. The maximum absolute atomic E-state index is 9.55. The van der Waals surface area contributed by atoms with Gasteiger partial charge in [-0.15, -0.1) is 0 Å². The van der Waals surface area contributed by atoms with Crippen LogP contribution in [0.4, 0.5) is 0 Å². The molecule has 1 aromatic heterocycles. The number of carboxylic acid groups (broad SMARTS) is 2. The Morgan fingerprint density at radius 1 is 1.19 bits per heavy atom. The highest BCUT2D eigenvalue weighted by Gasteiger charge is 1.99. The molecule has 0 bridgehead atoms. The molecule has 112 valence electrons. The van der Waals surface area contributed by atoms with E-state index in [0.29, 0.717) is 18.7 Å². The van der Waals surface area contributed by atoms with Crippen LogP contribution in [-0.4, -0.2) is 33.3 Å². The first-order valence-electron chi connectivity index (χ1n) is 6.02. The SMILES string of the molecule is NCCn1ccc2ccc(Br)cc21.O=C(O)/C=C/C(=O)O. The Morgan fingerprint density at radius 3 is 2.33 bits per heavy atom. The van der Waals surface area contributed by atoms with Gasteiger partial charge >= 0.3 is 11.9 Å². The second kappa shape index (κ2) is 8.23. The second-order valence-electron chi connectivity index (χ2n) is 4.01. The van der Waals surface area contributed by atoms with Crippen molar-refractivity contribution in [2.75, 3.05) is 6.54 Å². The average molecular weight is 355 g/mol. The lowest BCUT2D eigenvalue weighted by molar-refractivity contribution is -0.134. The molecule has 6 nitrogen and oxygen atoms in total. The molecule has 21 heavy (non-hydrogen) atoms. The van der Waals surface area contributed by atoms with Crippen molar-refractivity contribution in [3.63, 3.8) is 0 Å². The number of hydrogen-bond donors (Lipinski definition) is 3. The first kappa shape index (κ1) is 16.9. The number of benzene rings is 1. The summed E-state index contributed by atoms with van der Waals surface area (Å²) in [6.07, 6.45) is 3.19. The molecule has 2 aromatic rings. The van der Waals surface area contributed by atoms with Crippen LogP contribution in [0.2, 0.25) is 0 Å². The molecule has 1 heterocycles. The molecule has 0 aliphatic rings. The summed E-state index contributed by atoms with van der Waals surface area (Å²) in [4.78, 5) is 19.1. The minimum Gasteiger partial charge on any atom is -0.478 e. The van der Waals surface area contributed by atoms with E-state index in [1.54, 1.807) is 0 Å². The fourth-order valence-electron chi connectivity index (χ4n) is 1.63. The standard InChI is InChI=1S/C10H11BrN2.C4H4O4/c11-9-2-1-8-3-5-13(6-4-12)10(8)7-9;5-3(6)1-2-4(7)8/h1-3,5,7H,4,6,12H2;1-2H,(H,5,6)(H,7,8)/b;2-1+. The van der Waals surface area contributed by atoms with Crippen LogP contribution < -0.4 is 5.73 Å². The summed E-state index contributed by atoms with van der Waals surface area (Å²) in [5.74, 6) is -2.51. The van der Waals surface area contributed by atoms with Crippen LogP contribution in [0, 0.1) is 0 Å². The van der Waals surface area contributed by atoms with Crippen LogP contribution in [0.1, 0.15) is 0 Å². The zero-order valence-corrected chi connectivity index (χ0v) is 12.7. The topological polar surface area (TPSA) is 106 Å². The molecular weight excluding hydrogens is 340 g/mol. The minimum atomic E-state index is -1.26. The second-order valence-corrected chi connectivity index (χ2v) is 4.93. The van der Waals surface area contributed by atoms with Gasteiger partial charge in [0.1, 0.15) is 0 Å². The van der Waals surface area contributed by atoms with Gasteiger partial charge in [0.25, 0.3) is 0 Å². The third-order valence-electron chi connectivity index (χ3n) is 2.47. The number of hydrogen-bond acceptors (Lipinski definition) is 3. The molecule has 7 heteroatoms. The molecule has 0 saturated carbocycles. The zero-order valence-electron chi connectivity index (χ0n) is 11.1. The van der Waals surface area contributed by atoms with Crippen LogP contribution in [0.5, 0.6) is 0 Å². The Labute approximate surface area is 129 Å². The van der Waals surface area contributed by atoms with Gasteiger partial charge in [0.15, 0.2) is 0 Å². The lowest BCUT2D eigenvalue weighted by atomic mass is 10.2. The van der Waals surface area contributed by atoms with E-state index in [0.717, 1.165) is 11.0 Å². The Hall–Kier alpha value is -2.12. The van der Waals surface area contributed by atoms with Gasteiger partial charge in [0.05, 0.1) is 0 Å². The van der Waals surface area contributed by atoms with Crippen LogP contribution in [0.15, 0.2) is 47.1 Å². The molecule has 0 radical (unpaired) electrons. The third kappa shape index (κ3) is 5.80. The van der Waals surface area contributed by atoms with Crippen molar-refractivity contribution in [1.29, 1.82) is 0 Å². The van der Waals surface area contributed by atoms with E-state index in [1.165, 1.54) is 10.9 Å². The summed E-state index contributed by atoms with van der Waals surface area (Å²) < 4.78 is 3.28. The fraction of sp³-hybridized carbons (Fsp3) is 0.143. The zero-order chi connectivity index (χ0) is 15.8. The lowest BCUT2D eigenvalue weighted by Crippen LogP contribution is -2.08. The molecule has 1 aromatic carbocycles. The summed E-state index contributed by atoms with van der Waals surface area (Å²) in [5, 5.41) is 16.9. The Balaban J connectivity index is 0.000000240. The molecule has 0 spiro atoms. The Kier molecular flexibility index (Phi) is 6.64. The van der Waals surface area contributed by atoms with E-state index in [2.05, 4.69) is 51.0 Å². The number of halogens is 1. The number of aliphatic carboxylic acids is 2. The van der Waals surface area contributed by atoms with E-state index in [4.69, 9.17) is 15.9 Å². The first-order valence-corrected chi connectivity index (χ1v) is 6.81. The average Bonchev–Trinajstić information content (AvgIpc) is 2.80. The number of nitrogens with two attached hydrogens (primary N) is 1. The molecule has 4 N–H and O–H groups in total. The van der Waals surface area contributed by atoms with Crippen molar-refractivity contribution in [2.24, 2.45) is 5.73 Å². The van der Waals surface area contributed by atoms with Gasteiger partial charge in [0, 0.05) is 41.4 Å². The van der Waals surface area contributed by atoms with Crippen molar-refractivity contribution >= 4 is 38.8 Å². The number of rotatable bonds is 4. The van der Waals surface area contributed by atoms with E-state index in [9.17, 15) is 9.59 Å². The molecule has 0 saturated heterocycles. The lowest BCUT2D eigenvalue weighted by Gasteiger charge is -2.02. The van der Waals surface area contributed by atoms with E-state index >= 15 is 0 Å². The molecule has 0 atom stereocenters. The minimum absolute atomic E-state index is 0.558. The monoisotopic (exact) mass is 354 g/mol. The number of aromatic nitrogens is 1. The molecule has 0 unspecified atom stereocenters. The molecule has 0 aliphatic heterocycles. The Bertz CT molecular complexity index is 648. The number of carbonyl (C=O) groups is 2. The third-order valence-corrected chi connectivity index (χ3v) is 2.97. The predicted octanol–water partition coefficient (Wildman–Crippen LogP) is 2.07. The summed E-state index contributed by atoms with van der Waals surface area (Å²) in [7, 11) is 0. The molecule has 2 rings (SSSR count). The molecular formula is C14H15BrN2O4. The van der Waals surface area contributed by atoms with Gasteiger partial charge in [-0.3, -0.25) is 0 Å². The van der Waals surface area contributed by atoms with Gasteiger partial charge in [-0.25, -0.2) is 9.59 Å². The highest BCUT2D eigenvalue weighted by Crippen LogP contribution is 2.20. The number of nitrogens with zero attached hydrogens (tertiary/aromatic N) is 1. The van der Waals surface area contributed by atoms with E-state index < -0.39 is 11.9 Å². The summed E-state index contributed by atoms with van der Waals surface area (Å²) in [6.45, 7) is 1.55. The quantitative estimate of drug-likeness (QED) is 0.728. The maximum atomic E-state index is 9.55. The van der Waals surface area contributed by atoms with Crippen LogP contribution >= 0.6 is 15.9 Å². The predicted molar refractivity (Wildman–Crippen MR) is 83.1 cm³/mol. The number of carboxylic acids is 2. The first-order chi connectivity index (χ1) is 9.93. The van der Waals surface area contributed by atoms with Gasteiger partial charge in [-0.2, -0.15) is 0 Å². The highest BCUT2D eigenvalue weighted by atomic mass is 79.9. The van der Waals surface area contributed by atoms with Gasteiger partial charge < -0.3 is 20.5 Å². The van der Waals surface area contributed by atoms with Gasteiger partial charge in [0.2, 0.25) is 0 Å². The Morgan fingerprint density at radius 2 is 1.81 bits per heavy atom. The van der Waals surface area contributed by atoms with Gasteiger partial charge in [-0.1, -0.05) is 22.0 Å². The van der Waals surface area contributed by atoms with Crippen LogP contribution in [0.25, 0.3) is 10.9 Å². The van der Waals surface area contributed by atoms with Crippen molar-refractivity contribution in [1.82, 2.24) is 4.57 Å². The van der Waals surface area contributed by atoms with Crippen molar-refractivity contribution < 1.29 is 19.8 Å². The summed E-state index contributed by atoms with van der Waals surface area (Å²) in [5.41, 5.74) is 6.75. The van der Waals surface area contributed by atoms with E-state index in [1.807, 2.05) is 0 Å². The van der Waals surface area contributed by atoms with Crippen LogP contribution in [-0.2, 0) is 16.1 Å². The van der Waals surface area contributed by atoms with Gasteiger partial charge in [-0.05, 0) is 23.6 Å². The highest BCUT2D eigenvalue weighted by molar-refractivity contribution is 9.10. The van der Waals surface area contributed by atoms with Crippen LogP contribution in [0.3, 0.4) is 0 Å². The fourth-order valence-corrected chi connectivity index (χ4v) is 1.98. The summed E-state index contributed by atoms with van der Waals surface area (Å²) >= 11 is 3.46. The summed E-state index contributed by atoms with van der Waals surface area (Å²) in [6, 6.07) is 8.38. The largest absolute Gasteiger partial charge is 0.478 e. The molecule has 0 aliphatic carbocycles. The van der Waals surface area contributed by atoms with Crippen molar-refractivity contribution in [3.8, 4) is 0 Å². The molecule has 0 fully saturated rings. The number of fused-ring (bicyclic) bond motifs is 1. The van der Waals surface area contributed by atoms with Crippen molar-refractivity contribution in [3.05, 3.63) is 47.1 Å².